The van der Waals surface area contributed by atoms with Crippen LogP contribution >= 0.6 is 0 Å². The van der Waals surface area contributed by atoms with Crippen LogP contribution in [0.3, 0.4) is 0 Å². The Labute approximate surface area is 180 Å². The number of amides is 1. The first-order valence-corrected chi connectivity index (χ1v) is 11.2. The Morgan fingerprint density at radius 2 is 1.97 bits per heavy atom. The third kappa shape index (κ3) is 4.73. The van der Waals surface area contributed by atoms with Crippen molar-refractivity contribution in [3.8, 4) is 0 Å². The molecule has 2 aliphatic rings. The number of carbonyl (C=O) groups is 1. The molecule has 0 saturated carbocycles. The van der Waals surface area contributed by atoms with Gasteiger partial charge in [-0.15, -0.1) is 0 Å². The number of hydrogen-bond donors (Lipinski definition) is 0. The number of nitrogens with zero attached hydrogens (tertiary/aromatic N) is 4. The first kappa shape index (κ1) is 21.0. The first-order valence-electron chi connectivity index (χ1n) is 11.2. The first-order chi connectivity index (χ1) is 14.6. The Hall–Kier alpha value is -2.24. The number of carbonyl (C=O) groups excluding carboxylic acids is 1. The average Bonchev–Trinajstić information content (AvgIpc) is 2.91. The molecule has 160 valence electrons. The summed E-state index contributed by atoms with van der Waals surface area (Å²) in [5.74, 6) is 0.270. The molecule has 5 heteroatoms. The quantitative estimate of drug-likeness (QED) is 0.764. The van der Waals surface area contributed by atoms with Crippen LogP contribution in [0.25, 0.3) is 0 Å². The maximum absolute atomic E-state index is 13.2. The van der Waals surface area contributed by atoms with Crippen molar-refractivity contribution in [1.82, 2.24) is 19.7 Å². The van der Waals surface area contributed by atoms with Crippen molar-refractivity contribution < 1.29 is 4.79 Å². The van der Waals surface area contributed by atoms with Gasteiger partial charge in [-0.25, -0.2) is 0 Å². The minimum atomic E-state index is -0.00548. The van der Waals surface area contributed by atoms with E-state index in [4.69, 9.17) is 0 Å². The molecule has 5 nitrogen and oxygen atoms in total. The Bertz CT molecular complexity index is 853. The number of rotatable bonds is 5. The fourth-order valence-corrected chi connectivity index (χ4v) is 5.06. The Kier molecular flexibility index (Phi) is 6.49. The van der Waals surface area contributed by atoms with Crippen LogP contribution in [0.5, 0.6) is 0 Å². The lowest BCUT2D eigenvalue weighted by atomic mass is 9.80. The molecule has 3 heterocycles. The fourth-order valence-electron chi connectivity index (χ4n) is 5.06. The summed E-state index contributed by atoms with van der Waals surface area (Å²) in [6, 6.07) is 12.9. The summed E-state index contributed by atoms with van der Waals surface area (Å²) < 4.78 is 0. The second kappa shape index (κ2) is 9.27. The van der Waals surface area contributed by atoms with Gasteiger partial charge in [-0.05, 0) is 62.7 Å². The monoisotopic (exact) mass is 406 g/mol. The second-order valence-corrected chi connectivity index (χ2v) is 9.21. The van der Waals surface area contributed by atoms with Crippen molar-refractivity contribution in [1.29, 1.82) is 0 Å². The van der Waals surface area contributed by atoms with Crippen molar-refractivity contribution in [3.63, 3.8) is 0 Å². The van der Waals surface area contributed by atoms with Crippen molar-refractivity contribution in [2.45, 2.75) is 50.7 Å². The van der Waals surface area contributed by atoms with E-state index in [1.807, 2.05) is 32.6 Å². The lowest BCUT2D eigenvalue weighted by Crippen LogP contribution is -2.58. The van der Waals surface area contributed by atoms with Gasteiger partial charge >= 0.3 is 0 Å². The zero-order chi connectivity index (χ0) is 21.0. The van der Waals surface area contributed by atoms with Crippen LogP contribution in [0.2, 0.25) is 0 Å². The number of fused-ring (bicyclic) bond motifs is 1. The molecule has 0 N–H and O–H groups in total. The number of pyridine rings is 1. The SMILES string of the molecule is CN(C)CCC(=O)N1Cc2ccccc2CC2(CCCCN2Cc2cccnc2)C1. The number of piperidine rings is 1. The van der Waals surface area contributed by atoms with Crippen LogP contribution in [0, 0.1) is 0 Å². The van der Waals surface area contributed by atoms with Crippen molar-refractivity contribution in [2.75, 3.05) is 33.7 Å². The standard InChI is InChI=1S/C25H34N4O/c1-27(2)15-11-24(30)28-19-23-10-4-3-9-22(23)16-25(20-28)12-5-6-14-29(25)18-21-8-7-13-26-17-21/h3-4,7-10,13,17H,5-6,11-12,14-16,18-20H2,1-2H3. The molecule has 1 fully saturated rings. The number of aromatic nitrogens is 1. The number of benzene rings is 1. The Morgan fingerprint density at radius 3 is 2.73 bits per heavy atom. The summed E-state index contributed by atoms with van der Waals surface area (Å²) in [5, 5.41) is 0. The van der Waals surface area contributed by atoms with E-state index in [2.05, 4.69) is 50.0 Å². The van der Waals surface area contributed by atoms with Gasteiger partial charge in [-0.1, -0.05) is 36.8 Å². The van der Waals surface area contributed by atoms with E-state index in [1.165, 1.54) is 29.5 Å². The summed E-state index contributed by atoms with van der Waals surface area (Å²) in [5.41, 5.74) is 3.95. The third-order valence-corrected chi connectivity index (χ3v) is 6.70. The Balaban J connectivity index is 1.65. The van der Waals surface area contributed by atoms with E-state index in [1.54, 1.807) is 0 Å². The van der Waals surface area contributed by atoms with Crippen LogP contribution < -0.4 is 0 Å². The van der Waals surface area contributed by atoms with Gasteiger partial charge < -0.3 is 9.80 Å². The maximum atomic E-state index is 13.2. The summed E-state index contributed by atoms with van der Waals surface area (Å²) in [6.45, 7) is 4.31. The molecule has 30 heavy (non-hydrogen) atoms. The van der Waals surface area contributed by atoms with Gasteiger partial charge in [0.05, 0.1) is 0 Å². The predicted octanol–water partition coefficient (Wildman–Crippen LogP) is 3.34. The van der Waals surface area contributed by atoms with Crippen molar-refractivity contribution >= 4 is 5.91 Å². The van der Waals surface area contributed by atoms with Crippen LogP contribution in [-0.4, -0.2) is 64.9 Å². The van der Waals surface area contributed by atoms with Gasteiger partial charge in [0, 0.05) is 50.5 Å². The molecule has 1 aromatic carbocycles. The molecule has 1 aromatic heterocycles. The van der Waals surface area contributed by atoms with E-state index < -0.39 is 0 Å². The molecule has 1 amide bonds. The molecular formula is C25H34N4O. The molecule has 0 radical (unpaired) electrons. The number of likely N-dealkylation sites (tertiary alicyclic amines) is 1. The highest BCUT2D eigenvalue weighted by Gasteiger charge is 2.43. The van der Waals surface area contributed by atoms with E-state index in [9.17, 15) is 4.79 Å². The van der Waals surface area contributed by atoms with Crippen LogP contribution in [0.4, 0.5) is 0 Å². The summed E-state index contributed by atoms with van der Waals surface area (Å²) in [6.07, 6.45) is 8.99. The van der Waals surface area contributed by atoms with Gasteiger partial charge in [0.2, 0.25) is 5.91 Å². The zero-order valence-electron chi connectivity index (χ0n) is 18.4. The number of hydrogen-bond acceptors (Lipinski definition) is 4. The van der Waals surface area contributed by atoms with Gasteiger partial charge in [0.15, 0.2) is 0 Å². The highest BCUT2D eigenvalue weighted by molar-refractivity contribution is 5.76. The summed E-state index contributed by atoms with van der Waals surface area (Å²) >= 11 is 0. The molecule has 0 aliphatic carbocycles. The Morgan fingerprint density at radius 1 is 1.13 bits per heavy atom. The molecule has 1 atom stereocenters. The highest BCUT2D eigenvalue weighted by atomic mass is 16.2. The van der Waals surface area contributed by atoms with Gasteiger partial charge in [-0.2, -0.15) is 0 Å². The van der Waals surface area contributed by atoms with E-state index >= 15 is 0 Å². The smallest absolute Gasteiger partial charge is 0.224 e. The molecule has 1 unspecified atom stereocenters. The van der Waals surface area contributed by atoms with Crippen LogP contribution in [0.15, 0.2) is 48.8 Å². The van der Waals surface area contributed by atoms with Gasteiger partial charge in [0.1, 0.15) is 0 Å². The topological polar surface area (TPSA) is 39.7 Å². The second-order valence-electron chi connectivity index (χ2n) is 9.21. The van der Waals surface area contributed by atoms with E-state index in [0.717, 1.165) is 45.6 Å². The molecule has 2 aliphatic heterocycles. The average molecular weight is 407 g/mol. The molecule has 1 spiro atoms. The van der Waals surface area contributed by atoms with Gasteiger partial charge in [0.25, 0.3) is 0 Å². The normalized spacial score (nSPS) is 22.2. The van der Waals surface area contributed by atoms with Crippen LogP contribution in [-0.2, 0) is 24.3 Å². The largest absolute Gasteiger partial charge is 0.336 e. The van der Waals surface area contributed by atoms with E-state index in [0.29, 0.717) is 6.42 Å². The fraction of sp³-hybridized carbons (Fsp3) is 0.520. The molecular weight excluding hydrogens is 372 g/mol. The summed E-state index contributed by atoms with van der Waals surface area (Å²) in [7, 11) is 4.06. The van der Waals surface area contributed by atoms with E-state index in [-0.39, 0.29) is 11.4 Å². The summed E-state index contributed by atoms with van der Waals surface area (Å²) in [4.78, 5) is 24.4. The molecule has 1 saturated heterocycles. The lowest BCUT2D eigenvalue weighted by molar-refractivity contribution is -0.134. The minimum absolute atomic E-state index is 0.00548. The molecule has 0 bridgehead atoms. The minimum Gasteiger partial charge on any atom is -0.336 e. The van der Waals surface area contributed by atoms with Crippen molar-refractivity contribution in [2.24, 2.45) is 0 Å². The molecule has 4 rings (SSSR count). The van der Waals surface area contributed by atoms with Crippen LogP contribution in [0.1, 0.15) is 42.4 Å². The lowest BCUT2D eigenvalue weighted by Gasteiger charge is -2.49. The zero-order valence-corrected chi connectivity index (χ0v) is 18.4. The van der Waals surface area contributed by atoms with Crippen molar-refractivity contribution in [3.05, 3.63) is 65.5 Å². The third-order valence-electron chi connectivity index (χ3n) is 6.70. The predicted molar refractivity (Wildman–Crippen MR) is 120 cm³/mol. The van der Waals surface area contributed by atoms with Gasteiger partial charge in [-0.3, -0.25) is 14.7 Å². The highest BCUT2D eigenvalue weighted by Crippen LogP contribution is 2.37. The molecule has 2 aromatic rings. The maximum Gasteiger partial charge on any atom is 0.224 e.